The number of methoxy groups -OCH3 is 1. The molecular weight excluding hydrogens is 282 g/mol. The zero-order valence-corrected chi connectivity index (χ0v) is 14.3. The fourth-order valence-corrected chi connectivity index (χ4v) is 3.19. The van der Waals surface area contributed by atoms with E-state index < -0.39 is 5.60 Å². The SMILES string of the molecule is CC=CCNCC(C)C(OC)(c1ccccc1)c1ccccc1. The number of hydrogen-bond acceptors (Lipinski definition) is 2. The largest absolute Gasteiger partial charge is 0.368 e. The molecule has 0 aliphatic rings. The summed E-state index contributed by atoms with van der Waals surface area (Å²) in [6.07, 6.45) is 4.20. The molecule has 0 bridgehead atoms. The van der Waals surface area contributed by atoms with Crippen LogP contribution in [-0.4, -0.2) is 20.2 Å². The third-order valence-corrected chi connectivity index (χ3v) is 4.37. The molecule has 2 heteroatoms. The Kier molecular flexibility index (Phi) is 6.57. The molecule has 0 aliphatic heterocycles. The minimum atomic E-state index is -0.453. The molecule has 2 aromatic rings. The van der Waals surface area contributed by atoms with E-state index in [9.17, 15) is 0 Å². The van der Waals surface area contributed by atoms with Crippen molar-refractivity contribution < 1.29 is 4.74 Å². The molecule has 0 saturated heterocycles. The lowest BCUT2D eigenvalue weighted by atomic mass is 9.76. The first-order chi connectivity index (χ1) is 11.3. The summed E-state index contributed by atoms with van der Waals surface area (Å²) < 4.78 is 6.17. The third-order valence-electron chi connectivity index (χ3n) is 4.37. The summed E-state index contributed by atoms with van der Waals surface area (Å²) in [4.78, 5) is 0. The monoisotopic (exact) mass is 309 g/mol. The average Bonchev–Trinajstić information content (AvgIpc) is 2.62. The number of nitrogens with one attached hydrogen (secondary N) is 1. The quantitative estimate of drug-likeness (QED) is 0.577. The topological polar surface area (TPSA) is 21.3 Å². The van der Waals surface area contributed by atoms with Gasteiger partial charge in [0.05, 0.1) is 0 Å². The van der Waals surface area contributed by atoms with Gasteiger partial charge >= 0.3 is 0 Å². The van der Waals surface area contributed by atoms with Gasteiger partial charge in [-0.1, -0.05) is 79.7 Å². The van der Waals surface area contributed by atoms with Crippen LogP contribution in [0, 0.1) is 5.92 Å². The van der Waals surface area contributed by atoms with Gasteiger partial charge < -0.3 is 10.1 Å². The van der Waals surface area contributed by atoms with Crippen molar-refractivity contribution in [3.63, 3.8) is 0 Å². The van der Waals surface area contributed by atoms with E-state index in [1.165, 1.54) is 11.1 Å². The van der Waals surface area contributed by atoms with Gasteiger partial charge in [0.25, 0.3) is 0 Å². The first-order valence-electron chi connectivity index (χ1n) is 8.23. The maximum atomic E-state index is 6.17. The van der Waals surface area contributed by atoms with E-state index in [-0.39, 0.29) is 5.92 Å². The highest BCUT2D eigenvalue weighted by Crippen LogP contribution is 2.39. The van der Waals surface area contributed by atoms with Crippen molar-refractivity contribution in [3.05, 3.63) is 83.9 Å². The van der Waals surface area contributed by atoms with Gasteiger partial charge in [0, 0.05) is 26.1 Å². The molecule has 0 heterocycles. The molecule has 0 fully saturated rings. The minimum absolute atomic E-state index is 0.280. The van der Waals surface area contributed by atoms with Gasteiger partial charge in [-0.3, -0.25) is 0 Å². The van der Waals surface area contributed by atoms with Crippen LogP contribution < -0.4 is 5.32 Å². The molecule has 122 valence electrons. The minimum Gasteiger partial charge on any atom is -0.368 e. The summed E-state index contributed by atoms with van der Waals surface area (Å²) in [7, 11) is 1.81. The Bertz CT molecular complexity index is 552. The van der Waals surface area contributed by atoms with Crippen LogP contribution in [0.1, 0.15) is 25.0 Å². The van der Waals surface area contributed by atoms with Gasteiger partial charge in [-0.05, 0) is 18.1 Å². The van der Waals surface area contributed by atoms with Gasteiger partial charge in [-0.15, -0.1) is 0 Å². The molecular formula is C21H27NO. The summed E-state index contributed by atoms with van der Waals surface area (Å²) in [6.45, 7) is 6.04. The number of ether oxygens (including phenoxy) is 1. The van der Waals surface area contributed by atoms with Crippen LogP contribution in [0.4, 0.5) is 0 Å². The van der Waals surface area contributed by atoms with Crippen molar-refractivity contribution in [3.8, 4) is 0 Å². The number of rotatable bonds is 8. The summed E-state index contributed by atoms with van der Waals surface area (Å²) in [5.74, 6) is 0.280. The van der Waals surface area contributed by atoms with Gasteiger partial charge in [0.1, 0.15) is 5.60 Å². The zero-order chi connectivity index (χ0) is 16.5. The highest BCUT2D eigenvalue weighted by molar-refractivity contribution is 5.37. The Hall–Kier alpha value is -1.90. The lowest BCUT2D eigenvalue weighted by Crippen LogP contribution is -2.42. The Morgan fingerprint density at radius 3 is 1.96 bits per heavy atom. The predicted molar refractivity (Wildman–Crippen MR) is 97.5 cm³/mol. The summed E-state index contributed by atoms with van der Waals surface area (Å²) in [5.41, 5.74) is 1.92. The highest BCUT2D eigenvalue weighted by Gasteiger charge is 2.39. The molecule has 2 aromatic carbocycles. The van der Waals surface area contributed by atoms with E-state index >= 15 is 0 Å². The van der Waals surface area contributed by atoms with E-state index in [0.717, 1.165) is 13.1 Å². The van der Waals surface area contributed by atoms with Crippen LogP contribution >= 0.6 is 0 Å². The van der Waals surface area contributed by atoms with E-state index in [0.29, 0.717) is 0 Å². The smallest absolute Gasteiger partial charge is 0.121 e. The summed E-state index contributed by atoms with van der Waals surface area (Å²) in [5, 5.41) is 3.50. The normalized spacial score (nSPS) is 13.3. The molecule has 2 rings (SSSR count). The van der Waals surface area contributed by atoms with Gasteiger partial charge in [-0.25, -0.2) is 0 Å². The van der Waals surface area contributed by atoms with E-state index in [1.807, 2.05) is 26.2 Å². The standard InChI is InChI=1S/C21H27NO/c1-4-5-16-22-17-18(2)21(23-3,19-12-8-6-9-13-19)20-14-10-7-11-15-20/h4-15,18,22H,16-17H2,1-3H3. The predicted octanol–water partition coefficient (Wildman–Crippen LogP) is 4.38. The first-order valence-corrected chi connectivity index (χ1v) is 8.23. The average molecular weight is 309 g/mol. The van der Waals surface area contributed by atoms with E-state index in [1.54, 1.807) is 0 Å². The molecule has 1 unspecified atom stereocenters. The van der Waals surface area contributed by atoms with Crippen molar-refractivity contribution in [2.75, 3.05) is 20.2 Å². The highest BCUT2D eigenvalue weighted by atomic mass is 16.5. The third kappa shape index (κ3) is 3.90. The fraction of sp³-hybridized carbons (Fsp3) is 0.333. The molecule has 1 N–H and O–H groups in total. The van der Waals surface area contributed by atoms with Crippen LogP contribution in [-0.2, 0) is 10.3 Å². The van der Waals surface area contributed by atoms with Crippen molar-refractivity contribution in [2.24, 2.45) is 5.92 Å². The second kappa shape index (κ2) is 8.66. The second-order valence-corrected chi connectivity index (χ2v) is 5.80. The first kappa shape index (κ1) is 17.5. The number of hydrogen-bond donors (Lipinski definition) is 1. The number of allylic oxidation sites excluding steroid dienone is 1. The molecule has 23 heavy (non-hydrogen) atoms. The molecule has 1 atom stereocenters. The number of benzene rings is 2. The fourth-order valence-electron chi connectivity index (χ4n) is 3.19. The van der Waals surface area contributed by atoms with Crippen LogP contribution in [0.2, 0.25) is 0 Å². The van der Waals surface area contributed by atoms with E-state index in [4.69, 9.17) is 4.74 Å². The molecule has 0 amide bonds. The van der Waals surface area contributed by atoms with E-state index in [2.05, 4.69) is 72.9 Å². The Balaban J connectivity index is 2.38. The summed E-state index contributed by atoms with van der Waals surface area (Å²) >= 11 is 0. The van der Waals surface area contributed by atoms with Crippen LogP contribution in [0.25, 0.3) is 0 Å². The van der Waals surface area contributed by atoms with Crippen molar-refractivity contribution in [1.29, 1.82) is 0 Å². The Labute approximate surface area is 140 Å². The Morgan fingerprint density at radius 1 is 1.00 bits per heavy atom. The van der Waals surface area contributed by atoms with Gasteiger partial charge in [0.15, 0.2) is 0 Å². The van der Waals surface area contributed by atoms with Crippen molar-refractivity contribution in [1.82, 2.24) is 5.32 Å². The van der Waals surface area contributed by atoms with Crippen LogP contribution in [0.3, 0.4) is 0 Å². The van der Waals surface area contributed by atoms with Crippen LogP contribution in [0.15, 0.2) is 72.8 Å². The molecule has 0 aromatic heterocycles. The maximum Gasteiger partial charge on any atom is 0.121 e. The molecule has 0 radical (unpaired) electrons. The van der Waals surface area contributed by atoms with Crippen molar-refractivity contribution in [2.45, 2.75) is 19.4 Å². The molecule has 2 nitrogen and oxygen atoms in total. The maximum absolute atomic E-state index is 6.17. The Morgan fingerprint density at radius 2 is 1.52 bits per heavy atom. The molecule has 0 saturated carbocycles. The van der Waals surface area contributed by atoms with Gasteiger partial charge in [0.2, 0.25) is 0 Å². The molecule has 0 aliphatic carbocycles. The second-order valence-electron chi connectivity index (χ2n) is 5.80. The lowest BCUT2D eigenvalue weighted by molar-refractivity contribution is -0.0228. The zero-order valence-electron chi connectivity index (χ0n) is 14.3. The summed E-state index contributed by atoms with van der Waals surface area (Å²) in [6, 6.07) is 21.0. The molecule has 0 spiro atoms. The lowest BCUT2D eigenvalue weighted by Gasteiger charge is -2.39. The van der Waals surface area contributed by atoms with Crippen LogP contribution in [0.5, 0.6) is 0 Å². The van der Waals surface area contributed by atoms with Crippen molar-refractivity contribution >= 4 is 0 Å². The van der Waals surface area contributed by atoms with Gasteiger partial charge in [-0.2, -0.15) is 0 Å².